The van der Waals surface area contributed by atoms with Gasteiger partial charge in [0.1, 0.15) is 5.76 Å². The van der Waals surface area contributed by atoms with E-state index >= 15 is 0 Å². The lowest BCUT2D eigenvalue weighted by Gasteiger charge is -2.25. The fourth-order valence-electron chi connectivity index (χ4n) is 3.35. The normalized spacial score (nSPS) is 18.8. The molecule has 26 heavy (non-hydrogen) atoms. The van der Waals surface area contributed by atoms with Gasteiger partial charge in [-0.1, -0.05) is 36.9 Å². The number of anilines is 1. The van der Waals surface area contributed by atoms with Crippen molar-refractivity contribution in [1.82, 2.24) is 9.66 Å². The fraction of sp³-hybridized carbons (Fsp3) is 0.286. The first-order chi connectivity index (χ1) is 12.5. The number of allylic oxidation sites excluding steroid dienone is 4. The van der Waals surface area contributed by atoms with Gasteiger partial charge in [-0.2, -0.15) is 0 Å². The lowest BCUT2D eigenvalue weighted by atomic mass is 10.0. The Hall–Kier alpha value is -2.95. The molecule has 1 aromatic carbocycles. The summed E-state index contributed by atoms with van der Waals surface area (Å²) in [6, 6.07) is 10.5. The zero-order valence-corrected chi connectivity index (χ0v) is 15.4. The van der Waals surface area contributed by atoms with Gasteiger partial charge >= 0.3 is 0 Å². The van der Waals surface area contributed by atoms with Crippen molar-refractivity contribution in [1.29, 1.82) is 0 Å². The third kappa shape index (κ3) is 3.52. The van der Waals surface area contributed by atoms with Crippen LogP contribution in [0.5, 0.6) is 0 Å². The Balaban J connectivity index is 2.01. The largest absolute Gasteiger partial charge is 0.507 e. The molecule has 2 heterocycles. The zero-order valence-electron chi connectivity index (χ0n) is 15.4. The Morgan fingerprint density at radius 2 is 2.08 bits per heavy atom. The number of nitrogens with zero attached hydrogens (tertiary/aromatic N) is 3. The summed E-state index contributed by atoms with van der Waals surface area (Å²) in [5.74, 6) is 0.508. The maximum absolute atomic E-state index is 10.4. The number of aliphatic hydroxyl groups is 1. The maximum atomic E-state index is 10.4. The second-order valence-electron chi connectivity index (χ2n) is 6.68. The van der Waals surface area contributed by atoms with Crippen LogP contribution in [-0.4, -0.2) is 27.4 Å². The van der Waals surface area contributed by atoms with E-state index in [4.69, 9.17) is 5.73 Å². The molecule has 1 fully saturated rings. The zero-order chi connectivity index (χ0) is 18.7. The molecule has 5 nitrogen and oxygen atoms in total. The predicted octanol–water partition coefficient (Wildman–Crippen LogP) is 4.14. The summed E-state index contributed by atoms with van der Waals surface area (Å²) in [6.07, 6.45) is 7.52. The van der Waals surface area contributed by atoms with Crippen molar-refractivity contribution >= 4 is 17.1 Å². The van der Waals surface area contributed by atoms with Crippen LogP contribution in [0.3, 0.4) is 0 Å². The van der Waals surface area contributed by atoms with E-state index in [9.17, 15) is 5.11 Å². The molecule has 2 aromatic rings. The highest BCUT2D eigenvalue weighted by Gasteiger charge is 2.23. The number of hydrogen-bond acceptors (Lipinski definition) is 4. The standard InChI is InChI=1S/C21H26N4O/c1-4-20(26)18(13-15(2)17-10-6-5-7-11-17)19-14-25(21(22)23-19)24-12-8-9-16(24)3/h4-7,10-11,13-14,16,26H,1,8-9,12H2,2-3H3,(H2,22,23)/b15-13+,20-18-/t16-/m1/s1. The van der Waals surface area contributed by atoms with E-state index in [0.29, 0.717) is 23.3 Å². The molecule has 0 radical (unpaired) electrons. The molecular weight excluding hydrogens is 324 g/mol. The van der Waals surface area contributed by atoms with Crippen LogP contribution in [0, 0.1) is 0 Å². The molecule has 1 aliphatic heterocycles. The first-order valence-electron chi connectivity index (χ1n) is 8.92. The molecule has 0 aliphatic carbocycles. The summed E-state index contributed by atoms with van der Waals surface area (Å²) in [5.41, 5.74) is 9.52. The quantitative estimate of drug-likeness (QED) is 0.628. The summed E-state index contributed by atoms with van der Waals surface area (Å²) in [7, 11) is 0. The highest BCUT2D eigenvalue weighted by Crippen LogP contribution is 2.26. The number of imidazole rings is 1. The van der Waals surface area contributed by atoms with E-state index in [1.165, 1.54) is 6.08 Å². The third-order valence-electron chi connectivity index (χ3n) is 4.84. The monoisotopic (exact) mass is 350 g/mol. The predicted molar refractivity (Wildman–Crippen MR) is 108 cm³/mol. The first-order valence-corrected chi connectivity index (χ1v) is 8.92. The van der Waals surface area contributed by atoms with E-state index in [-0.39, 0.29) is 5.76 Å². The second kappa shape index (κ2) is 7.52. The van der Waals surface area contributed by atoms with Crippen LogP contribution in [0.2, 0.25) is 0 Å². The van der Waals surface area contributed by atoms with E-state index in [2.05, 4.69) is 23.5 Å². The van der Waals surface area contributed by atoms with E-state index in [1.54, 1.807) is 0 Å². The number of nitrogens with two attached hydrogens (primary N) is 1. The minimum Gasteiger partial charge on any atom is -0.507 e. The van der Waals surface area contributed by atoms with E-state index < -0.39 is 0 Å². The van der Waals surface area contributed by atoms with E-state index in [1.807, 2.05) is 54.2 Å². The number of rotatable bonds is 5. The molecule has 3 rings (SSSR count). The molecule has 1 aromatic heterocycles. The minimum absolute atomic E-state index is 0.0828. The van der Waals surface area contributed by atoms with E-state index in [0.717, 1.165) is 30.5 Å². The van der Waals surface area contributed by atoms with Crippen LogP contribution < -0.4 is 10.7 Å². The van der Waals surface area contributed by atoms with Crippen LogP contribution in [0.25, 0.3) is 11.1 Å². The van der Waals surface area contributed by atoms with Gasteiger partial charge in [-0.15, -0.1) is 0 Å². The molecule has 136 valence electrons. The molecule has 0 spiro atoms. The summed E-state index contributed by atoms with van der Waals surface area (Å²) in [5, 5.41) is 12.6. The van der Waals surface area contributed by atoms with Gasteiger partial charge < -0.3 is 15.8 Å². The second-order valence-corrected chi connectivity index (χ2v) is 6.68. The SMILES string of the molecule is C=C/C(O)=C(\C=C(/C)c1ccccc1)c1cn(N2CCC[C@H]2C)c(N)n1. The van der Waals surface area contributed by atoms with Gasteiger partial charge in [0.15, 0.2) is 0 Å². The van der Waals surface area contributed by atoms with Crippen molar-refractivity contribution in [3.63, 3.8) is 0 Å². The molecular formula is C21H26N4O. The summed E-state index contributed by atoms with van der Waals surface area (Å²) in [4.78, 5) is 4.49. The Morgan fingerprint density at radius 1 is 1.35 bits per heavy atom. The molecule has 0 bridgehead atoms. The van der Waals surface area contributed by atoms with Gasteiger partial charge in [-0.05, 0) is 50.0 Å². The lowest BCUT2D eigenvalue weighted by molar-refractivity contribution is 0.436. The number of aromatic nitrogens is 2. The van der Waals surface area contributed by atoms with Crippen LogP contribution in [0.4, 0.5) is 5.95 Å². The Labute approximate surface area is 154 Å². The summed E-state index contributed by atoms with van der Waals surface area (Å²) in [6.45, 7) is 8.84. The maximum Gasteiger partial charge on any atom is 0.219 e. The van der Waals surface area contributed by atoms with Crippen molar-refractivity contribution < 1.29 is 5.11 Å². The minimum atomic E-state index is 0.0828. The highest BCUT2D eigenvalue weighted by molar-refractivity contribution is 5.84. The number of hydrogen-bond donors (Lipinski definition) is 2. The van der Waals surface area contributed by atoms with Gasteiger partial charge in [-0.3, -0.25) is 0 Å². The van der Waals surface area contributed by atoms with Crippen LogP contribution in [-0.2, 0) is 0 Å². The number of nitrogen functional groups attached to an aromatic ring is 1. The molecule has 0 amide bonds. The van der Waals surface area contributed by atoms with Gasteiger partial charge in [0.05, 0.1) is 11.9 Å². The van der Waals surface area contributed by atoms with Crippen molar-refractivity contribution in [2.75, 3.05) is 17.3 Å². The average molecular weight is 350 g/mol. The van der Waals surface area contributed by atoms with Crippen molar-refractivity contribution in [3.05, 3.63) is 72.3 Å². The average Bonchev–Trinajstić information content (AvgIpc) is 3.24. The Morgan fingerprint density at radius 3 is 2.69 bits per heavy atom. The fourth-order valence-corrected chi connectivity index (χ4v) is 3.35. The van der Waals surface area contributed by atoms with Crippen molar-refractivity contribution in [2.24, 2.45) is 0 Å². The topological polar surface area (TPSA) is 67.3 Å². The smallest absolute Gasteiger partial charge is 0.219 e. The highest BCUT2D eigenvalue weighted by atomic mass is 16.3. The molecule has 3 N–H and O–H groups in total. The molecule has 1 saturated heterocycles. The molecule has 1 aliphatic rings. The molecule has 0 unspecified atom stereocenters. The van der Waals surface area contributed by atoms with Crippen molar-refractivity contribution in [2.45, 2.75) is 32.7 Å². The molecule has 0 saturated carbocycles. The molecule has 5 heteroatoms. The van der Waals surface area contributed by atoms with Gasteiger partial charge in [0.25, 0.3) is 0 Å². The van der Waals surface area contributed by atoms with Gasteiger partial charge in [-0.25, -0.2) is 9.66 Å². The molecule has 1 atom stereocenters. The van der Waals surface area contributed by atoms with Crippen LogP contribution in [0.15, 0.2) is 61.0 Å². The number of benzene rings is 1. The number of aliphatic hydroxyl groups excluding tert-OH is 1. The summed E-state index contributed by atoms with van der Waals surface area (Å²) < 4.78 is 1.90. The summed E-state index contributed by atoms with van der Waals surface area (Å²) >= 11 is 0. The third-order valence-corrected chi connectivity index (χ3v) is 4.84. The first kappa shape index (κ1) is 17.9. The van der Waals surface area contributed by atoms with Gasteiger partial charge in [0.2, 0.25) is 5.95 Å². The van der Waals surface area contributed by atoms with Crippen molar-refractivity contribution in [3.8, 4) is 0 Å². The lowest BCUT2D eigenvalue weighted by Crippen LogP contribution is -2.37. The van der Waals surface area contributed by atoms with Gasteiger partial charge in [0, 0.05) is 18.2 Å². The van der Waals surface area contributed by atoms with Crippen LogP contribution >= 0.6 is 0 Å². The van der Waals surface area contributed by atoms with Crippen LogP contribution in [0.1, 0.15) is 37.9 Å². The Bertz CT molecular complexity index is 848. The Kier molecular flexibility index (Phi) is 5.16.